The molecule has 1 atom stereocenters. The standard InChI is InChI=1S/C42H30N2/c1-3-12-27(4-2)28-21-23-29(24-22-28)38-25-33-30-13-5-7-16-34(30)42(37(33)26-43-38)35-17-8-10-20-40(35)44-39-19-9-6-14-31(39)32-15-11-18-36(42)41(32)44/h3-26H,1-2H3/b12-3-,27-4+. The molecule has 1 aliphatic heterocycles. The van der Waals surface area contributed by atoms with Crippen LogP contribution in [0.5, 0.6) is 0 Å². The Kier molecular flexibility index (Phi) is 5.28. The number of benzene rings is 5. The van der Waals surface area contributed by atoms with E-state index < -0.39 is 5.41 Å². The summed E-state index contributed by atoms with van der Waals surface area (Å²) in [7, 11) is 0. The maximum Gasteiger partial charge on any atom is 0.0769 e. The van der Waals surface area contributed by atoms with Gasteiger partial charge in [-0.05, 0) is 76.6 Å². The van der Waals surface area contributed by atoms with Gasteiger partial charge in [-0.3, -0.25) is 4.98 Å². The van der Waals surface area contributed by atoms with Gasteiger partial charge in [0.2, 0.25) is 0 Å². The Bertz CT molecular complexity index is 2350. The van der Waals surface area contributed by atoms with Gasteiger partial charge in [-0.15, -0.1) is 0 Å². The van der Waals surface area contributed by atoms with E-state index in [1.165, 1.54) is 72.0 Å². The number of rotatable bonds is 3. The molecule has 0 saturated carbocycles. The van der Waals surface area contributed by atoms with Crippen LogP contribution in [0.2, 0.25) is 0 Å². The van der Waals surface area contributed by atoms with Crippen LogP contribution in [0.1, 0.15) is 41.7 Å². The molecule has 0 bridgehead atoms. The van der Waals surface area contributed by atoms with Crippen LogP contribution >= 0.6 is 0 Å². The molecule has 1 spiro atoms. The second-order valence-electron chi connectivity index (χ2n) is 11.8. The van der Waals surface area contributed by atoms with Gasteiger partial charge in [-0.1, -0.05) is 121 Å². The van der Waals surface area contributed by atoms with Gasteiger partial charge in [0.05, 0.1) is 27.8 Å². The van der Waals surface area contributed by atoms with E-state index in [0.29, 0.717) is 0 Å². The zero-order valence-corrected chi connectivity index (χ0v) is 24.8. The van der Waals surface area contributed by atoms with E-state index in [9.17, 15) is 0 Å². The van der Waals surface area contributed by atoms with Crippen molar-refractivity contribution >= 4 is 27.4 Å². The summed E-state index contributed by atoms with van der Waals surface area (Å²) >= 11 is 0. The fraction of sp³-hybridized carbons (Fsp3) is 0.0714. The maximum absolute atomic E-state index is 5.18. The molecule has 0 radical (unpaired) electrons. The predicted molar refractivity (Wildman–Crippen MR) is 183 cm³/mol. The van der Waals surface area contributed by atoms with E-state index in [1.54, 1.807) is 0 Å². The van der Waals surface area contributed by atoms with Gasteiger partial charge in [0, 0.05) is 22.5 Å². The van der Waals surface area contributed by atoms with Gasteiger partial charge in [0.1, 0.15) is 0 Å². The zero-order valence-electron chi connectivity index (χ0n) is 24.8. The molecule has 1 unspecified atom stereocenters. The van der Waals surface area contributed by atoms with Crippen LogP contribution in [-0.4, -0.2) is 9.55 Å². The van der Waals surface area contributed by atoms with E-state index in [4.69, 9.17) is 4.98 Å². The van der Waals surface area contributed by atoms with Crippen molar-refractivity contribution in [2.24, 2.45) is 0 Å². The number of aromatic nitrogens is 2. The first kappa shape index (κ1) is 25.1. The fourth-order valence-corrected chi connectivity index (χ4v) is 7.98. The molecule has 2 aliphatic rings. The van der Waals surface area contributed by atoms with E-state index in [0.717, 1.165) is 11.3 Å². The lowest BCUT2D eigenvalue weighted by atomic mass is 9.65. The van der Waals surface area contributed by atoms with Crippen molar-refractivity contribution in [3.63, 3.8) is 0 Å². The van der Waals surface area contributed by atoms with Crippen LogP contribution in [0.15, 0.2) is 146 Å². The fourth-order valence-electron chi connectivity index (χ4n) is 7.98. The highest BCUT2D eigenvalue weighted by molar-refractivity contribution is 6.12. The molecular weight excluding hydrogens is 532 g/mol. The number of nitrogens with zero attached hydrogens (tertiary/aromatic N) is 2. The Morgan fingerprint density at radius 2 is 1.39 bits per heavy atom. The maximum atomic E-state index is 5.18. The molecule has 1 aliphatic carbocycles. The average molecular weight is 563 g/mol. The van der Waals surface area contributed by atoms with Gasteiger partial charge in [-0.2, -0.15) is 0 Å². The minimum absolute atomic E-state index is 0.463. The Morgan fingerprint density at radius 1 is 0.659 bits per heavy atom. The third-order valence-corrected chi connectivity index (χ3v) is 9.75. The third kappa shape index (κ3) is 3.12. The zero-order chi connectivity index (χ0) is 29.4. The lowest BCUT2D eigenvalue weighted by Gasteiger charge is -2.39. The second-order valence-corrected chi connectivity index (χ2v) is 11.8. The highest BCUT2D eigenvalue weighted by Gasteiger charge is 2.51. The van der Waals surface area contributed by atoms with Crippen LogP contribution in [-0.2, 0) is 5.41 Å². The van der Waals surface area contributed by atoms with Crippen LogP contribution in [0, 0.1) is 0 Å². The van der Waals surface area contributed by atoms with Crippen molar-refractivity contribution < 1.29 is 0 Å². The van der Waals surface area contributed by atoms with Gasteiger partial charge < -0.3 is 4.57 Å². The van der Waals surface area contributed by atoms with Gasteiger partial charge in [0.25, 0.3) is 0 Å². The molecule has 208 valence electrons. The largest absolute Gasteiger partial charge is 0.309 e. The third-order valence-electron chi connectivity index (χ3n) is 9.75. The van der Waals surface area contributed by atoms with Crippen molar-refractivity contribution in [1.29, 1.82) is 0 Å². The summed E-state index contributed by atoms with van der Waals surface area (Å²) in [5.74, 6) is 0. The lowest BCUT2D eigenvalue weighted by molar-refractivity contribution is 0.745. The van der Waals surface area contributed by atoms with Crippen molar-refractivity contribution in [3.8, 4) is 28.1 Å². The molecule has 0 amide bonds. The minimum atomic E-state index is -0.463. The first-order valence-electron chi connectivity index (χ1n) is 15.4. The number of pyridine rings is 1. The number of hydrogen-bond donors (Lipinski definition) is 0. The smallest absolute Gasteiger partial charge is 0.0769 e. The average Bonchev–Trinajstić information content (AvgIpc) is 3.58. The number of allylic oxidation sites excluding steroid dienone is 4. The first-order chi connectivity index (χ1) is 21.8. The topological polar surface area (TPSA) is 17.8 Å². The molecule has 2 nitrogen and oxygen atoms in total. The second kappa shape index (κ2) is 9.26. The summed E-state index contributed by atoms with van der Waals surface area (Å²) in [5, 5.41) is 2.58. The van der Waals surface area contributed by atoms with Crippen LogP contribution in [0.3, 0.4) is 0 Å². The summed E-state index contributed by atoms with van der Waals surface area (Å²) in [6, 6.07) is 44.7. The molecule has 2 heteroatoms. The van der Waals surface area contributed by atoms with Crippen LogP contribution in [0.25, 0.3) is 55.5 Å². The first-order valence-corrected chi connectivity index (χ1v) is 15.4. The number of para-hydroxylation sites is 3. The van der Waals surface area contributed by atoms with E-state index in [2.05, 4.69) is 164 Å². The van der Waals surface area contributed by atoms with Crippen molar-refractivity contribution in [2.45, 2.75) is 19.3 Å². The molecule has 5 aromatic carbocycles. The summed E-state index contributed by atoms with van der Waals surface area (Å²) in [4.78, 5) is 5.18. The van der Waals surface area contributed by atoms with E-state index in [1.807, 2.05) is 0 Å². The summed E-state index contributed by atoms with van der Waals surface area (Å²) in [6.45, 7) is 4.14. The SMILES string of the molecule is C/C=C\C(=C/C)c1ccc(-c2cc3c(cn2)C2(c4ccccc4-3)c3ccccc3-n3c4ccccc4c4cccc2c43)cc1. The number of hydrogen-bond acceptors (Lipinski definition) is 1. The van der Waals surface area contributed by atoms with Crippen molar-refractivity contribution in [3.05, 3.63) is 174 Å². The molecular formula is C42H30N2. The molecule has 7 aromatic rings. The quantitative estimate of drug-likeness (QED) is 0.196. The predicted octanol–water partition coefficient (Wildman–Crippen LogP) is 10.5. The Morgan fingerprint density at radius 3 is 2.23 bits per heavy atom. The van der Waals surface area contributed by atoms with Crippen LogP contribution < -0.4 is 0 Å². The summed E-state index contributed by atoms with van der Waals surface area (Å²) < 4.78 is 2.48. The molecule has 0 fully saturated rings. The molecule has 3 heterocycles. The molecule has 0 N–H and O–H groups in total. The Labute approximate surface area is 257 Å². The van der Waals surface area contributed by atoms with Gasteiger partial charge >= 0.3 is 0 Å². The Hall–Kier alpha value is -5.47. The monoisotopic (exact) mass is 562 g/mol. The Balaban J connectivity index is 1.33. The molecule has 9 rings (SSSR count). The van der Waals surface area contributed by atoms with Gasteiger partial charge in [-0.25, -0.2) is 0 Å². The molecule has 2 aromatic heterocycles. The highest BCUT2D eigenvalue weighted by atomic mass is 15.0. The normalized spacial score (nSPS) is 16.5. The summed E-state index contributed by atoms with van der Waals surface area (Å²) in [6.07, 6.45) is 8.55. The van der Waals surface area contributed by atoms with Crippen LogP contribution in [0.4, 0.5) is 0 Å². The minimum Gasteiger partial charge on any atom is -0.309 e. The van der Waals surface area contributed by atoms with Crippen molar-refractivity contribution in [1.82, 2.24) is 9.55 Å². The summed E-state index contributed by atoms with van der Waals surface area (Å²) in [5.41, 5.74) is 15.6. The lowest BCUT2D eigenvalue weighted by Crippen LogP contribution is -2.33. The van der Waals surface area contributed by atoms with Crippen molar-refractivity contribution in [2.75, 3.05) is 0 Å². The molecule has 0 saturated heterocycles. The number of fused-ring (bicyclic) bond motifs is 12. The molecule has 44 heavy (non-hydrogen) atoms. The van der Waals surface area contributed by atoms with E-state index >= 15 is 0 Å². The van der Waals surface area contributed by atoms with E-state index in [-0.39, 0.29) is 0 Å². The highest BCUT2D eigenvalue weighted by Crippen LogP contribution is 2.61. The van der Waals surface area contributed by atoms with Gasteiger partial charge in [0.15, 0.2) is 0 Å².